The van der Waals surface area contributed by atoms with Crippen LogP contribution in [-0.4, -0.2) is 19.0 Å². The van der Waals surface area contributed by atoms with E-state index in [1.807, 2.05) is 18.4 Å². The third-order valence-corrected chi connectivity index (χ3v) is 3.67. The maximum atomic E-state index is 11.8. The van der Waals surface area contributed by atoms with E-state index >= 15 is 0 Å². The van der Waals surface area contributed by atoms with Gasteiger partial charge in [0.25, 0.3) is 0 Å². The van der Waals surface area contributed by atoms with Crippen molar-refractivity contribution in [3.63, 3.8) is 0 Å². The molecule has 3 heteroatoms. The Balaban J connectivity index is 1.98. The number of Topliss-reactive ketones (excluding diaryl/α,β-unsaturated/α-hetero) is 1. The largest absolute Gasteiger partial charge is 0.381 e. The van der Waals surface area contributed by atoms with Gasteiger partial charge in [0.15, 0.2) is 5.78 Å². The molecule has 0 bridgehead atoms. The summed E-state index contributed by atoms with van der Waals surface area (Å²) in [5.74, 6) is 0.733. The van der Waals surface area contributed by atoms with Crippen molar-refractivity contribution in [3.05, 3.63) is 21.9 Å². The number of aryl methyl sites for hydroxylation is 1. The van der Waals surface area contributed by atoms with E-state index in [4.69, 9.17) is 4.74 Å². The molecule has 0 aromatic carbocycles. The molecule has 2 nitrogen and oxygen atoms in total. The maximum absolute atomic E-state index is 11.8. The van der Waals surface area contributed by atoms with Crippen LogP contribution in [0.1, 0.15) is 28.1 Å². The van der Waals surface area contributed by atoms with Crippen LogP contribution in [0.5, 0.6) is 0 Å². The van der Waals surface area contributed by atoms with Crippen molar-refractivity contribution in [2.75, 3.05) is 13.2 Å². The molecule has 1 aromatic rings. The van der Waals surface area contributed by atoms with E-state index in [-0.39, 0.29) is 5.78 Å². The van der Waals surface area contributed by atoms with Crippen LogP contribution in [0.3, 0.4) is 0 Å². The van der Waals surface area contributed by atoms with Gasteiger partial charge in [0.1, 0.15) is 0 Å². The second-order valence-corrected chi connectivity index (χ2v) is 4.71. The monoisotopic (exact) mass is 210 g/mol. The van der Waals surface area contributed by atoms with Gasteiger partial charge in [-0.2, -0.15) is 0 Å². The fourth-order valence-corrected chi connectivity index (χ4v) is 2.63. The van der Waals surface area contributed by atoms with E-state index in [0.717, 1.165) is 30.1 Å². The molecule has 0 aliphatic carbocycles. The number of hydrogen-bond donors (Lipinski definition) is 0. The molecule has 0 spiro atoms. The van der Waals surface area contributed by atoms with Crippen LogP contribution in [0.25, 0.3) is 0 Å². The molecule has 1 aliphatic rings. The second-order valence-electron chi connectivity index (χ2n) is 3.79. The van der Waals surface area contributed by atoms with E-state index in [9.17, 15) is 4.79 Å². The average molecular weight is 210 g/mol. The lowest BCUT2D eigenvalue weighted by molar-refractivity contribution is 0.0956. The number of thiophene rings is 1. The first-order chi connectivity index (χ1) is 6.77. The van der Waals surface area contributed by atoms with Crippen LogP contribution in [-0.2, 0) is 4.74 Å². The van der Waals surface area contributed by atoms with Crippen LogP contribution in [0.15, 0.2) is 11.4 Å². The zero-order chi connectivity index (χ0) is 9.97. The van der Waals surface area contributed by atoms with E-state index in [0.29, 0.717) is 12.3 Å². The number of carbonyl (C=O) groups is 1. The van der Waals surface area contributed by atoms with Crippen LogP contribution >= 0.6 is 11.3 Å². The zero-order valence-corrected chi connectivity index (χ0v) is 9.10. The Morgan fingerprint density at radius 3 is 3.14 bits per heavy atom. The van der Waals surface area contributed by atoms with Gasteiger partial charge < -0.3 is 4.74 Å². The molecule has 1 aromatic heterocycles. The predicted molar refractivity (Wildman–Crippen MR) is 56.9 cm³/mol. The predicted octanol–water partition coefficient (Wildman–Crippen LogP) is 2.67. The molecule has 0 saturated carbocycles. The molecule has 2 rings (SSSR count). The van der Waals surface area contributed by atoms with E-state index in [1.165, 1.54) is 0 Å². The summed E-state index contributed by atoms with van der Waals surface area (Å²) in [4.78, 5) is 12.8. The van der Waals surface area contributed by atoms with Gasteiger partial charge in [0, 0.05) is 19.6 Å². The van der Waals surface area contributed by atoms with Crippen LogP contribution in [0.4, 0.5) is 0 Å². The highest BCUT2D eigenvalue weighted by Gasteiger charge is 2.21. The fourth-order valence-electron chi connectivity index (χ4n) is 1.76. The maximum Gasteiger partial charge on any atom is 0.173 e. The molecule has 0 radical (unpaired) electrons. The molecular weight excluding hydrogens is 196 g/mol. The lowest BCUT2D eigenvalue weighted by Crippen LogP contribution is -2.08. The quantitative estimate of drug-likeness (QED) is 0.717. The Bertz CT molecular complexity index is 324. The van der Waals surface area contributed by atoms with Crippen molar-refractivity contribution in [1.29, 1.82) is 0 Å². The molecule has 1 saturated heterocycles. The fraction of sp³-hybridized carbons (Fsp3) is 0.545. The Labute approximate surface area is 87.9 Å². The topological polar surface area (TPSA) is 26.3 Å². The first-order valence-electron chi connectivity index (χ1n) is 4.92. The lowest BCUT2D eigenvalue weighted by Gasteiger charge is -2.05. The molecule has 76 valence electrons. The highest BCUT2D eigenvalue weighted by Crippen LogP contribution is 2.23. The molecule has 2 heterocycles. The summed E-state index contributed by atoms with van der Waals surface area (Å²) in [5.41, 5.74) is 1.11. The average Bonchev–Trinajstić information content (AvgIpc) is 2.75. The Hall–Kier alpha value is -0.670. The van der Waals surface area contributed by atoms with Crippen molar-refractivity contribution in [2.24, 2.45) is 5.92 Å². The molecule has 0 N–H and O–H groups in total. The van der Waals surface area contributed by atoms with Gasteiger partial charge in [0.05, 0.1) is 4.88 Å². The third-order valence-electron chi connectivity index (χ3n) is 2.61. The van der Waals surface area contributed by atoms with Gasteiger partial charge in [-0.05, 0) is 36.3 Å². The lowest BCUT2D eigenvalue weighted by atomic mass is 10.0. The number of ketones is 1. The normalized spacial score (nSPS) is 21.4. The minimum Gasteiger partial charge on any atom is -0.381 e. The summed E-state index contributed by atoms with van der Waals surface area (Å²) >= 11 is 1.55. The smallest absolute Gasteiger partial charge is 0.173 e. The standard InChI is InChI=1S/C11H14O2S/c1-8-3-5-14-11(8)10(12)6-9-2-4-13-7-9/h3,5,9H,2,4,6-7H2,1H3. The highest BCUT2D eigenvalue weighted by molar-refractivity contribution is 7.12. The van der Waals surface area contributed by atoms with Crippen molar-refractivity contribution < 1.29 is 9.53 Å². The van der Waals surface area contributed by atoms with E-state index in [2.05, 4.69) is 0 Å². The summed E-state index contributed by atoms with van der Waals surface area (Å²) < 4.78 is 5.26. The first kappa shape index (κ1) is 9.87. The minimum absolute atomic E-state index is 0.285. The molecule has 1 aliphatic heterocycles. The van der Waals surface area contributed by atoms with Gasteiger partial charge in [0.2, 0.25) is 0 Å². The number of rotatable bonds is 3. The van der Waals surface area contributed by atoms with Crippen LogP contribution in [0.2, 0.25) is 0 Å². The van der Waals surface area contributed by atoms with Crippen molar-refractivity contribution in [2.45, 2.75) is 19.8 Å². The number of carbonyl (C=O) groups excluding carboxylic acids is 1. The first-order valence-corrected chi connectivity index (χ1v) is 5.80. The Kier molecular flexibility index (Phi) is 2.99. The Morgan fingerprint density at radius 1 is 1.71 bits per heavy atom. The molecule has 1 fully saturated rings. The number of hydrogen-bond acceptors (Lipinski definition) is 3. The zero-order valence-electron chi connectivity index (χ0n) is 8.29. The molecule has 1 unspecified atom stereocenters. The molecule has 14 heavy (non-hydrogen) atoms. The molecule has 0 amide bonds. The third kappa shape index (κ3) is 2.04. The van der Waals surface area contributed by atoms with Crippen molar-refractivity contribution in [1.82, 2.24) is 0 Å². The van der Waals surface area contributed by atoms with Gasteiger partial charge >= 0.3 is 0 Å². The SMILES string of the molecule is Cc1ccsc1C(=O)CC1CCOC1. The van der Waals surface area contributed by atoms with Gasteiger partial charge in [-0.15, -0.1) is 11.3 Å². The summed E-state index contributed by atoms with van der Waals surface area (Å²) in [5, 5.41) is 1.98. The minimum atomic E-state index is 0.285. The van der Waals surface area contributed by atoms with E-state index < -0.39 is 0 Å². The summed E-state index contributed by atoms with van der Waals surface area (Å²) in [7, 11) is 0. The van der Waals surface area contributed by atoms with Gasteiger partial charge in [-0.25, -0.2) is 0 Å². The summed E-state index contributed by atoms with van der Waals surface area (Å²) in [6, 6.07) is 2.00. The summed E-state index contributed by atoms with van der Waals surface area (Å²) in [6.07, 6.45) is 1.69. The molecular formula is C11H14O2S. The van der Waals surface area contributed by atoms with E-state index in [1.54, 1.807) is 11.3 Å². The van der Waals surface area contributed by atoms with Gasteiger partial charge in [-0.3, -0.25) is 4.79 Å². The van der Waals surface area contributed by atoms with Crippen LogP contribution in [0, 0.1) is 12.8 Å². The number of ether oxygens (including phenoxy) is 1. The van der Waals surface area contributed by atoms with Crippen molar-refractivity contribution in [3.8, 4) is 0 Å². The second kappa shape index (κ2) is 4.24. The van der Waals surface area contributed by atoms with Gasteiger partial charge in [-0.1, -0.05) is 0 Å². The highest BCUT2D eigenvalue weighted by atomic mass is 32.1. The van der Waals surface area contributed by atoms with Crippen LogP contribution < -0.4 is 0 Å². The van der Waals surface area contributed by atoms with Crippen molar-refractivity contribution >= 4 is 17.1 Å². The Morgan fingerprint density at radius 2 is 2.57 bits per heavy atom. The summed E-state index contributed by atoms with van der Waals surface area (Å²) in [6.45, 7) is 3.58. The molecule has 1 atom stereocenters.